The van der Waals surface area contributed by atoms with Crippen molar-refractivity contribution in [1.29, 1.82) is 0 Å². The number of carbonyl (C=O) groups is 1. The lowest BCUT2D eigenvalue weighted by Gasteiger charge is -2.55. The molecule has 3 nitrogen and oxygen atoms in total. The van der Waals surface area contributed by atoms with E-state index >= 15 is 0 Å². The van der Waals surface area contributed by atoms with Crippen LogP contribution in [-0.2, 0) is 16.0 Å². The minimum Gasteiger partial charge on any atom is -0.446 e. The number of hydrogen-bond acceptors (Lipinski definition) is 3. The van der Waals surface area contributed by atoms with E-state index in [1.165, 1.54) is 18.9 Å². The average Bonchev–Trinajstić information content (AvgIpc) is 2.36. The molecule has 1 aliphatic heterocycles. The van der Waals surface area contributed by atoms with Crippen LogP contribution in [0.1, 0.15) is 59.4 Å². The summed E-state index contributed by atoms with van der Waals surface area (Å²) in [6.07, 6.45) is 3.98. The van der Waals surface area contributed by atoms with E-state index in [0.29, 0.717) is 0 Å². The monoisotopic (exact) mass is 303 g/mol. The van der Waals surface area contributed by atoms with E-state index in [-0.39, 0.29) is 23.3 Å². The van der Waals surface area contributed by atoms with E-state index in [1.807, 2.05) is 18.2 Å². The molecule has 0 radical (unpaired) electrons. The highest BCUT2D eigenvalue weighted by Gasteiger charge is 2.46. The highest BCUT2D eigenvalue weighted by molar-refractivity contribution is 5.66. The number of ether oxygens (including phenoxy) is 1. The molecule has 1 aliphatic rings. The fourth-order valence-electron chi connectivity index (χ4n) is 3.99. The summed E-state index contributed by atoms with van der Waals surface area (Å²) >= 11 is 0. The van der Waals surface area contributed by atoms with Crippen LogP contribution in [0.25, 0.3) is 0 Å². The van der Waals surface area contributed by atoms with Crippen LogP contribution in [-0.4, -0.2) is 28.2 Å². The predicted molar refractivity (Wildman–Crippen MR) is 89.5 cm³/mol. The van der Waals surface area contributed by atoms with E-state index < -0.39 is 0 Å². The zero-order valence-corrected chi connectivity index (χ0v) is 14.6. The number of rotatable bonds is 4. The van der Waals surface area contributed by atoms with Crippen molar-refractivity contribution >= 4 is 5.97 Å². The third-order valence-electron chi connectivity index (χ3n) is 4.72. The van der Waals surface area contributed by atoms with Crippen molar-refractivity contribution in [3.05, 3.63) is 35.9 Å². The van der Waals surface area contributed by atoms with Crippen LogP contribution >= 0.6 is 0 Å². The summed E-state index contributed by atoms with van der Waals surface area (Å²) in [6.45, 7) is 10.5. The van der Waals surface area contributed by atoms with Crippen LogP contribution in [0.15, 0.2) is 30.3 Å². The molecule has 0 aromatic heterocycles. The molecule has 2 rings (SSSR count). The minimum absolute atomic E-state index is 0.0245. The third-order valence-corrected chi connectivity index (χ3v) is 4.72. The fraction of sp³-hybridized carbons (Fsp3) is 0.632. The van der Waals surface area contributed by atoms with Crippen LogP contribution in [0.4, 0.5) is 0 Å². The van der Waals surface area contributed by atoms with Gasteiger partial charge in [0.05, 0.1) is 0 Å². The molecule has 1 aromatic carbocycles. The third kappa shape index (κ3) is 3.89. The summed E-state index contributed by atoms with van der Waals surface area (Å²) in [5.41, 5.74) is 1.25. The summed E-state index contributed by atoms with van der Waals surface area (Å²) < 4.78 is 5.75. The predicted octanol–water partition coefficient (Wildman–Crippen LogP) is 4.16. The van der Waals surface area contributed by atoms with E-state index in [0.717, 1.165) is 19.3 Å². The maximum Gasteiger partial charge on any atom is 0.304 e. The number of esters is 1. The SMILES string of the molecule is CC(=O)OC(Cc1ccccc1)N1C(C)(C)CCCC1(C)C. The number of nitrogens with zero attached hydrogens (tertiary/aromatic N) is 1. The van der Waals surface area contributed by atoms with Gasteiger partial charge in [0, 0.05) is 24.4 Å². The van der Waals surface area contributed by atoms with Crippen LogP contribution < -0.4 is 0 Å². The normalized spacial score (nSPS) is 22.0. The van der Waals surface area contributed by atoms with Crippen LogP contribution in [0.5, 0.6) is 0 Å². The molecule has 0 saturated carbocycles. The molecule has 1 fully saturated rings. The first-order valence-electron chi connectivity index (χ1n) is 8.23. The Balaban J connectivity index is 2.31. The van der Waals surface area contributed by atoms with Gasteiger partial charge in [0.1, 0.15) is 0 Å². The molecule has 1 aromatic rings. The Morgan fingerprint density at radius 1 is 1.14 bits per heavy atom. The number of carbonyl (C=O) groups excluding carboxylic acids is 1. The zero-order chi connectivity index (χ0) is 16.4. The lowest BCUT2D eigenvalue weighted by atomic mass is 9.79. The lowest BCUT2D eigenvalue weighted by Crippen LogP contribution is -2.63. The first-order valence-corrected chi connectivity index (χ1v) is 8.23. The van der Waals surface area contributed by atoms with Crippen molar-refractivity contribution in [1.82, 2.24) is 4.90 Å². The molecular weight excluding hydrogens is 274 g/mol. The second kappa shape index (κ2) is 6.41. The lowest BCUT2D eigenvalue weighted by molar-refractivity contribution is -0.182. The highest BCUT2D eigenvalue weighted by atomic mass is 16.6. The maximum atomic E-state index is 11.7. The summed E-state index contributed by atoms with van der Waals surface area (Å²) in [5.74, 6) is -0.210. The topological polar surface area (TPSA) is 29.5 Å². The number of likely N-dealkylation sites (tertiary alicyclic amines) is 1. The number of hydrogen-bond donors (Lipinski definition) is 0. The van der Waals surface area contributed by atoms with Crippen molar-refractivity contribution in [3.63, 3.8) is 0 Å². The zero-order valence-electron chi connectivity index (χ0n) is 14.6. The standard InChI is InChI=1S/C19H29NO2/c1-15(21)22-17(14-16-10-7-6-8-11-16)20-18(2,3)12-9-13-19(20,4)5/h6-8,10-11,17H,9,12-14H2,1-5H3. The van der Waals surface area contributed by atoms with E-state index in [1.54, 1.807) is 0 Å². The molecule has 1 saturated heterocycles. The van der Waals surface area contributed by atoms with Gasteiger partial charge in [-0.2, -0.15) is 0 Å². The van der Waals surface area contributed by atoms with Gasteiger partial charge in [0.15, 0.2) is 6.23 Å². The Morgan fingerprint density at radius 3 is 2.18 bits per heavy atom. The van der Waals surface area contributed by atoms with Gasteiger partial charge in [-0.3, -0.25) is 9.69 Å². The molecule has 1 atom stereocenters. The molecule has 0 spiro atoms. The van der Waals surface area contributed by atoms with Gasteiger partial charge < -0.3 is 4.74 Å². The van der Waals surface area contributed by atoms with Gasteiger partial charge in [-0.15, -0.1) is 0 Å². The molecule has 22 heavy (non-hydrogen) atoms. The Morgan fingerprint density at radius 2 is 1.68 bits per heavy atom. The highest BCUT2D eigenvalue weighted by Crippen LogP contribution is 2.40. The van der Waals surface area contributed by atoms with Gasteiger partial charge in [0.2, 0.25) is 0 Å². The Kier molecular flexibility index (Phi) is 4.96. The van der Waals surface area contributed by atoms with E-state index in [4.69, 9.17) is 4.74 Å². The Labute approximate surface area is 134 Å². The summed E-state index contributed by atoms with van der Waals surface area (Å²) in [5, 5.41) is 0. The largest absolute Gasteiger partial charge is 0.446 e. The molecule has 122 valence electrons. The summed E-state index contributed by atoms with van der Waals surface area (Å²) in [7, 11) is 0. The maximum absolute atomic E-state index is 11.7. The first kappa shape index (κ1) is 17.0. The van der Waals surface area contributed by atoms with Crippen molar-refractivity contribution in [2.24, 2.45) is 0 Å². The quantitative estimate of drug-likeness (QED) is 0.782. The molecule has 0 aliphatic carbocycles. The van der Waals surface area contributed by atoms with Crippen molar-refractivity contribution in [2.75, 3.05) is 0 Å². The molecule has 0 bridgehead atoms. The Bertz CT molecular complexity index is 491. The number of piperidine rings is 1. The summed E-state index contributed by atoms with van der Waals surface area (Å²) in [4.78, 5) is 14.1. The second-order valence-electron chi connectivity index (χ2n) is 7.60. The van der Waals surface area contributed by atoms with Crippen molar-refractivity contribution in [2.45, 2.75) is 77.6 Å². The molecule has 1 unspecified atom stereocenters. The molecule has 1 heterocycles. The summed E-state index contributed by atoms with van der Waals surface area (Å²) in [6, 6.07) is 10.3. The molecular formula is C19H29NO2. The van der Waals surface area contributed by atoms with Crippen LogP contribution in [0, 0.1) is 0 Å². The minimum atomic E-state index is -0.217. The fourth-order valence-corrected chi connectivity index (χ4v) is 3.99. The average molecular weight is 303 g/mol. The molecule has 0 N–H and O–H groups in total. The van der Waals surface area contributed by atoms with Crippen LogP contribution in [0.2, 0.25) is 0 Å². The second-order valence-corrected chi connectivity index (χ2v) is 7.60. The molecule has 0 amide bonds. The van der Waals surface area contributed by atoms with Crippen molar-refractivity contribution < 1.29 is 9.53 Å². The smallest absolute Gasteiger partial charge is 0.304 e. The van der Waals surface area contributed by atoms with Gasteiger partial charge in [-0.1, -0.05) is 30.3 Å². The Hall–Kier alpha value is -1.35. The van der Waals surface area contributed by atoms with Crippen LogP contribution in [0.3, 0.4) is 0 Å². The number of benzene rings is 1. The van der Waals surface area contributed by atoms with Gasteiger partial charge >= 0.3 is 5.97 Å². The molecule has 3 heteroatoms. The van der Waals surface area contributed by atoms with E-state index in [2.05, 4.69) is 44.7 Å². The van der Waals surface area contributed by atoms with Gasteiger partial charge in [0.25, 0.3) is 0 Å². The van der Waals surface area contributed by atoms with Crippen molar-refractivity contribution in [3.8, 4) is 0 Å². The first-order chi connectivity index (χ1) is 10.2. The van der Waals surface area contributed by atoms with Gasteiger partial charge in [-0.05, 0) is 52.5 Å². The van der Waals surface area contributed by atoms with E-state index in [9.17, 15) is 4.79 Å². The van der Waals surface area contributed by atoms with Gasteiger partial charge in [-0.25, -0.2) is 0 Å².